The molecule has 124 valence electrons. The van der Waals surface area contributed by atoms with Gasteiger partial charge in [-0.2, -0.15) is 18.5 Å². The van der Waals surface area contributed by atoms with Crippen molar-refractivity contribution in [3.63, 3.8) is 0 Å². The van der Waals surface area contributed by atoms with Crippen molar-refractivity contribution in [3.8, 4) is 0 Å². The standard InChI is InChI=1S/C13H19N3O5.H2S/c1-13(2,3)21-12(19)14-8-4-5-16(6-8)11-15-9(7-20-11)10(17)18;/h7-8H,4-6H2,1-3H3,(H,14,19)(H,17,18);1H2/t8-;/m0./s1. The predicted molar refractivity (Wildman–Crippen MR) is 83.8 cm³/mol. The normalized spacial score (nSPS) is 17.8. The Kier molecular flexibility index (Phi) is 5.70. The Morgan fingerprint density at radius 2 is 2.18 bits per heavy atom. The highest BCUT2D eigenvalue weighted by atomic mass is 32.1. The molecule has 0 aromatic carbocycles. The average Bonchev–Trinajstić information content (AvgIpc) is 2.93. The van der Waals surface area contributed by atoms with E-state index in [0.29, 0.717) is 19.5 Å². The summed E-state index contributed by atoms with van der Waals surface area (Å²) in [5.41, 5.74) is -0.671. The number of carboxylic acid groups (broad SMARTS) is 1. The number of aromatic nitrogens is 1. The van der Waals surface area contributed by atoms with Gasteiger partial charge in [-0.05, 0) is 27.2 Å². The second-order valence-electron chi connectivity index (χ2n) is 5.90. The third-order valence-corrected chi connectivity index (χ3v) is 2.89. The van der Waals surface area contributed by atoms with Crippen LogP contribution in [-0.2, 0) is 4.74 Å². The van der Waals surface area contributed by atoms with Crippen LogP contribution in [0.1, 0.15) is 37.7 Å². The number of carbonyl (C=O) groups is 2. The van der Waals surface area contributed by atoms with Gasteiger partial charge < -0.3 is 24.5 Å². The Morgan fingerprint density at radius 1 is 1.50 bits per heavy atom. The van der Waals surface area contributed by atoms with E-state index in [1.54, 1.807) is 25.7 Å². The molecule has 22 heavy (non-hydrogen) atoms. The van der Waals surface area contributed by atoms with Crippen LogP contribution >= 0.6 is 13.5 Å². The lowest BCUT2D eigenvalue weighted by Crippen LogP contribution is -2.40. The fourth-order valence-corrected chi connectivity index (χ4v) is 2.03. The minimum absolute atomic E-state index is 0. The molecule has 1 saturated heterocycles. The number of alkyl carbamates (subject to hydrolysis) is 1. The molecule has 1 fully saturated rings. The number of carboxylic acids is 1. The van der Waals surface area contributed by atoms with Crippen LogP contribution in [0.2, 0.25) is 0 Å². The van der Waals surface area contributed by atoms with Gasteiger partial charge in [-0.3, -0.25) is 0 Å². The molecule has 0 aliphatic carbocycles. The molecule has 0 bridgehead atoms. The van der Waals surface area contributed by atoms with Crippen LogP contribution in [0.5, 0.6) is 0 Å². The van der Waals surface area contributed by atoms with E-state index >= 15 is 0 Å². The van der Waals surface area contributed by atoms with Crippen molar-refractivity contribution in [1.82, 2.24) is 10.3 Å². The molecule has 1 aromatic rings. The Bertz CT molecular complexity index is 540. The van der Waals surface area contributed by atoms with E-state index in [1.165, 1.54) is 0 Å². The van der Waals surface area contributed by atoms with Gasteiger partial charge in [-0.1, -0.05) is 0 Å². The first-order chi connectivity index (χ1) is 9.74. The predicted octanol–water partition coefficient (Wildman–Crippen LogP) is 1.59. The molecule has 1 aliphatic rings. The molecule has 0 unspecified atom stereocenters. The van der Waals surface area contributed by atoms with Gasteiger partial charge in [0.2, 0.25) is 0 Å². The van der Waals surface area contributed by atoms with Crippen molar-refractivity contribution in [2.75, 3.05) is 18.0 Å². The maximum atomic E-state index is 11.7. The zero-order chi connectivity index (χ0) is 15.6. The Labute approximate surface area is 135 Å². The lowest BCUT2D eigenvalue weighted by atomic mass is 10.2. The molecule has 0 radical (unpaired) electrons. The number of hydrogen-bond donors (Lipinski definition) is 2. The van der Waals surface area contributed by atoms with E-state index in [1.807, 2.05) is 0 Å². The largest absolute Gasteiger partial charge is 0.476 e. The first-order valence-electron chi connectivity index (χ1n) is 6.68. The van der Waals surface area contributed by atoms with Gasteiger partial charge in [-0.25, -0.2) is 9.59 Å². The van der Waals surface area contributed by atoms with Crippen LogP contribution in [0.25, 0.3) is 0 Å². The number of oxazole rings is 1. The maximum absolute atomic E-state index is 11.7. The minimum Gasteiger partial charge on any atom is -0.476 e. The molecule has 2 rings (SSSR count). The van der Waals surface area contributed by atoms with Gasteiger partial charge in [0.1, 0.15) is 11.9 Å². The maximum Gasteiger partial charge on any atom is 0.407 e. The van der Waals surface area contributed by atoms with Crippen LogP contribution in [0.3, 0.4) is 0 Å². The van der Waals surface area contributed by atoms with Crippen LogP contribution in [0, 0.1) is 0 Å². The number of anilines is 1. The van der Waals surface area contributed by atoms with E-state index in [-0.39, 0.29) is 31.2 Å². The fourth-order valence-electron chi connectivity index (χ4n) is 2.03. The Hall–Kier alpha value is -1.90. The quantitative estimate of drug-likeness (QED) is 0.866. The highest BCUT2D eigenvalue weighted by Crippen LogP contribution is 2.20. The van der Waals surface area contributed by atoms with Crippen molar-refractivity contribution < 1.29 is 23.8 Å². The van der Waals surface area contributed by atoms with Crippen molar-refractivity contribution in [2.45, 2.75) is 38.8 Å². The van der Waals surface area contributed by atoms with Gasteiger partial charge in [-0.15, -0.1) is 0 Å². The summed E-state index contributed by atoms with van der Waals surface area (Å²) in [6.45, 7) is 6.52. The van der Waals surface area contributed by atoms with Gasteiger partial charge >= 0.3 is 12.1 Å². The smallest absolute Gasteiger partial charge is 0.407 e. The SMILES string of the molecule is CC(C)(C)OC(=O)N[C@H]1CCN(c2nc(C(=O)O)co2)C1.S. The van der Waals surface area contributed by atoms with Gasteiger partial charge in [0.05, 0.1) is 6.04 Å². The molecular formula is C13H21N3O5S. The van der Waals surface area contributed by atoms with Crippen LogP contribution < -0.4 is 10.2 Å². The van der Waals surface area contributed by atoms with E-state index in [0.717, 1.165) is 6.26 Å². The number of amides is 1. The van der Waals surface area contributed by atoms with E-state index in [4.69, 9.17) is 14.3 Å². The molecule has 8 nitrogen and oxygen atoms in total. The minimum atomic E-state index is -1.13. The molecule has 1 aliphatic heterocycles. The summed E-state index contributed by atoms with van der Waals surface area (Å²) in [4.78, 5) is 28.1. The van der Waals surface area contributed by atoms with Crippen molar-refractivity contribution >= 4 is 31.6 Å². The lowest BCUT2D eigenvalue weighted by Gasteiger charge is -2.21. The van der Waals surface area contributed by atoms with Crippen LogP contribution in [-0.4, -0.2) is 46.9 Å². The zero-order valence-corrected chi connectivity index (χ0v) is 13.8. The molecule has 1 atom stereocenters. The summed E-state index contributed by atoms with van der Waals surface area (Å²) < 4.78 is 10.3. The van der Waals surface area contributed by atoms with Crippen LogP contribution in [0.15, 0.2) is 10.7 Å². The summed E-state index contributed by atoms with van der Waals surface area (Å²) in [5.74, 6) is -1.13. The highest BCUT2D eigenvalue weighted by molar-refractivity contribution is 7.59. The second kappa shape index (κ2) is 6.91. The third-order valence-electron chi connectivity index (χ3n) is 2.89. The number of carbonyl (C=O) groups excluding carboxylic acids is 1. The van der Waals surface area contributed by atoms with E-state index < -0.39 is 17.7 Å². The van der Waals surface area contributed by atoms with Gasteiger partial charge in [0.15, 0.2) is 5.69 Å². The molecule has 0 spiro atoms. The fraction of sp³-hybridized carbons (Fsp3) is 0.615. The summed E-state index contributed by atoms with van der Waals surface area (Å²) in [5, 5.41) is 11.6. The lowest BCUT2D eigenvalue weighted by molar-refractivity contribution is 0.0508. The highest BCUT2D eigenvalue weighted by Gasteiger charge is 2.28. The summed E-state index contributed by atoms with van der Waals surface area (Å²) in [7, 11) is 0. The topological polar surface area (TPSA) is 105 Å². The van der Waals surface area contributed by atoms with E-state index in [2.05, 4.69) is 10.3 Å². The van der Waals surface area contributed by atoms with Crippen molar-refractivity contribution in [3.05, 3.63) is 12.0 Å². The molecule has 9 heteroatoms. The molecule has 1 amide bonds. The molecule has 1 aromatic heterocycles. The number of ether oxygens (including phenoxy) is 1. The van der Waals surface area contributed by atoms with Gasteiger partial charge in [0.25, 0.3) is 6.01 Å². The molecule has 0 saturated carbocycles. The molecular weight excluding hydrogens is 310 g/mol. The molecule has 2 N–H and O–H groups in total. The summed E-state index contributed by atoms with van der Waals surface area (Å²) in [6, 6.07) is 0.168. The van der Waals surface area contributed by atoms with Gasteiger partial charge in [0, 0.05) is 13.1 Å². The zero-order valence-electron chi connectivity index (χ0n) is 12.8. The first-order valence-corrected chi connectivity index (χ1v) is 6.68. The summed E-state index contributed by atoms with van der Waals surface area (Å²) >= 11 is 0. The van der Waals surface area contributed by atoms with Crippen molar-refractivity contribution in [1.29, 1.82) is 0 Å². The monoisotopic (exact) mass is 331 g/mol. The average molecular weight is 331 g/mol. The van der Waals surface area contributed by atoms with Crippen molar-refractivity contribution in [2.24, 2.45) is 0 Å². The van der Waals surface area contributed by atoms with Crippen LogP contribution in [0.4, 0.5) is 10.8 Å². The summed E-state index contributed by atoms with van der Waals surface area (Å²) in [6.07, 6.45) is 1.35. The Balaban J connectivity index is 0.00000242. The third kappa shape index (κ3) is 4.83. The number of aromatic carboxylic acids is 1. The first kappa shape index (κ1) is 18.1. The number of rotatable bonds is 3. The molecule has 2 heterocycles. The number of hydrogen-bond acceptors (Lipinski definition) is 6. The number of nitrogens with one attached hydrogen (secondary N) is 1. The Morgan fingerprint density at radius 3 is 2.73 bits per heavy atom. The number of nitrogens with zero attached hydrogens (tertiary/aromatic N) is 2. The second-order valence-corrected chi connectivity index (χ2v) is 5.90. The van der Waals surface area contributed by atoms with E-state index in [9.17, 15) is 9.59 Å².